The Balaban J connectivity index is 1.69. The fraction of sp³-hybridized carbons (Fsp3) is 0.474. The van der Waals surface area contributed by atoms with Crippen molar-refractivity contribution >= 4 is 23.4 Å². The molecule has 0 aliphatic carbocycles. The molecule has 0 radical (unpaired) electrons. The summed E-state index contributed by atoms with van der Waals surface area (Å²) in [5.41, 5.74) is 6.74. The number of hydrogen-bond donors (Lipinski definition) is 1. The number of anilines is 3. The highest BCUT2D eigenvalue weighted by Crippen LogP contribution is 2.25. The summed E-state index contributed by atoms with van der Waals surface area (Å²) in [6.45, 7) is 6.27. The van der Waals surface area contributed by atoms with Crippen LogP contribution in [0.1, 0.15) is 36.1 Å². The van der Waals surface area contributed by atoms with E-state index in [1.807, 2.05) is 25.9 Å². The summed E-state index contributed by atoms with van der Waals surface area (Å²) in [5, 5.41) is 0. The van der Waals surface area contributed by atoms with Gasteiger partial charge < -0.3 is 15.5 Å². The van der Waals surface area contributed by atoms with E-state index in [1.54, 1.807) is 17.0 Å². The Labute approximate surface area is 164 Å². The monoisotopic (exact) mass is 387 g/mol. The second-order valence-corrected chi connectivity index (χ2v) is 7.17. The maximum absolute atomic E-state index is 14.4. The van der Waals surface area contributed by atoms with E-state index in [9.17, 15) is 9.18 Å². The molecular formula is C19H26FN7O. The molecule has 1 aliphatic rings. The number of aromatic nitrogens is 3. The van der Waals surface area contributed by atoms with Crippen molar-refractivity contribution in [3.8, 4) is 0 Å². The van der Waals surface area contributed by atoms with Gasteiger partial charge in [-0.2, -0.15) is 15.0 Å². The molecule has 1 aromatic carbocycles. The van der Waals surface area contributed by atoms with Gasteiger partial charge in [0.1, 0.15) is 5.82 Å². The molecule has 2 N–H and O–H groups in total. The van der Waals surface area contributed by atoms with E-state index in [2.05, 4.69) is 19.9 Å². The molecule has 1 fully saturated rings. The van der Waals surface area contributed by atoms with Gasteiger partial charge in [0, 0.05) is 45.8 Å². The first kappa shape index (κ1) is 19.9. The lowest BCUT2D eigenvalue weighted by Crippen LogP contribution is -2.47. The molecule has 0 spiro atoms. The molecule has 1 saturated heterocycles. The first-order valence-corrected chi connectivity index (χ1v) is 9.24. The predicted molar refractivity (Wildman–Crippen MR) is 107 cm³/mol. The lowest BCUT2D eigenvalue weighted by atomic mass is 10.1. The standard InChI is InChI=1S/C19H26FN7O/c1-12(17-22-18(21)24-19(23-17)25(3)4)26-7-9-27(10-8-26)16-6-5-14(13(2)28)11-15(16)20/h5-6,11-12H,7-10H2,1-4H3,(H2,21,22,23,24). The Morgan fingerprint density at radius 1 is 1.18 bits per heavy atom. The van der Waals surface area contributed by atoms with E-state index in [-0.39, 0.29) is 23.6 Å². The molecule has 1 atom stereocenters. The van der Waals surface area contributed by atoms with Crippen molar-refractivity contribution in [1.82, 2.24) is 19.9 Å². The van der Waals surface area contributed by atoms with Gasteiger partial charge in [-0.25, -0.2) is 4.39 Å². The molecule has 0 bridgehead atoms. The number of carbonyl (C=O) groups is 1. The zero-order valence-electron chi connectivity index (χ0n) is 16.7. The van der Waals surface area contributed by atoms with Gasteiger partial charge in [-0.1, -0.05) is 0 Å². The number of nitrogen functional groups attached to an aromatic ring is 1. The Morgan fingerprint density at radius 2 is 1.86 bits per heavy atom. The van der Waals surface area contributed by atoms with E-state index < -0.39 is 0 Å². The average Bonchev–Trinajstić information content (AvgIpc) is 2.67. The van der Waals surface area contributed by atoms with Gasteiger partial charge >= 0.3 is 0 Å². The van der Waals surface area contributed by atoms with Crippen LogP contribution in [0.25, 0.3) is 0 Å². The lowest BCUT2D eigenvalue weighted by molar-refractivity contribution is 0.101. The van der Waals surface area contributed by atoms with Crippen molar-refractivity contribution in [2.24, 2.45) is 0 Å². The van der Waals surface area contributed by atoms with Crippen molar-refractivity contribution in [1.29, 1.82) is 0 Å². The smallest absolute Gasteiger partial charge is 0.229 e. The van der Waals surface area contributed by atoms with Crippen LogP contribution in [0.5, 0.6) is 0 Å². The average molecular weight is 387 g/mol. The molecule has 1 aromatic heterocycles. The summed E-state index contributed by atoms with van der Waals surface area (Å²) in [7, 11) is 3.71. The summed E-state index contributed by atoms with van der Waals surface area (Å²) < 4.78 is 14.4. The number of nitrogens with zero attached hydrogens (tertiary/aromatic N) is 6. The van der Waals surface area contributed by atoms with E-state index in [0.29, 0.717) is 36.1 Å². The minimum absolute atomic E-state index is 0.0314. The van der Waals surface area contributed by atoms with Crippen molar-refractivity contribution in [2.75, 3.05) is 55.8 Å². The minimum Gasteiger partial charge on any atom is -0.368 e. The topological polar surface area (TPSA) is 91.5 Å². The summed E-state index contributed by atoms with van der Waals surface area (Å²) in [4.78, 5) is 30.4. The van der Waals surface area contributed by atoms with Crippen LogP contribution in [-0.4, -0.2) is 65.9 Å². The van der Waals surface area contributed by atoms with E-state index in [0.717, 1.165) is 13.1 Å². The number of carbonyl (C=O) groups excluding carboxylic acids is 1. The second kappa shape index (κ2) is 8.05. The fourth-order valence-corrected chi connectivity index (χ4v) is 3.28. The third-order valence-electron chi connectivity index (χ3n) is 4.99. The first-order valence-electron chi connectivity index (χ1n) is 9.24. The number of Topliss-reactive ketones (excluding diaryl/α,β-unsaturated/α-hetero) is 1. The highest BCUT2D eigenvalue weighted by atomic mass is 19.1. The number of benzene rings is 1. The Kier molecular flexibility index (Phi) is 5.73. The van der Waals surface area contributed by atoms with Gasteiger partial charge in [0.25, 0.3) is 0 Å². The molecular weight excluding hydrogens is 361 g/mol. The van der Waals surface area contributed by atoms with E-state index in [1.165, 1.54) is 13.0 Å². The molecule has 3 rings (SSSR count). The number of nitrogens with two attached hydrogens (primary N) is 1. The first-order chi connectivity index (χ1) is 13.3. The zero-order chi connectivity index (χ0) is 20.4. The minimum atomic E-state index is -0.366. The predicted octanol–water partition coefficient (Wildman–Crippen LogP) is 1.74. The van der Waals surface area contributed by atoms with Gasteiger partial charge in [-0.05, 0) is 32.0 Å². The van der Waals surface area contributed by atoms with Crippen LogP contribution in [0, 0.1) is 5.82 Å². The number of ketones is 1. The number of rotatable bonds is 5. The van der Waals surface area contributed by atoms with E-state index >= 15 is 0 Å². The summed E-state index contributed by atoms with van der Waals surface area (Å²) in [6, 6.07) is 4.63. The van der Waals surface area contributed by atoms with Gasteiger partial charge in [0.2, 0.25) is 11.9 Å². The van der Waals surface area contributed by atoms with Crippen LogP contribution in [0.4, 0.5) is 22.0 Å². The Bertz CT molecular complexity index is 865. The van der Waals surface area contributed by atoms with Gasteiger partial charge in [-0.15, -0.1) is 0 Å². The van der Waals surface area contributed by atoms with Crippen molar-refractivity contribution < 1.29 is 9.18 Å². The molecule has 9 heteroatoms. The van der Waals surface area contributed by atoms with Crippen LogP contribution in [0.15, 0.2) is 18.2 Å². The van der Waals surface area contributed by atoms with Crippen LogP contribution in [-0.2, 0) is 0 Å². The summed E-state index contributed by atoms with van der Waals surface area (Å²) >= 11 is 0. The number of halogens is 1. The van der Waals surface area contributed by atoms with Crippen molar-refractivity contribution in [3.05, 3.63) is 35.4 Å². The highest BCUT2D eigenvalue weighted by Gasteiger charge is 2.26. The molecule has 8 nitrogen and oxygen atoms in total. The normalized spacial score (nSPS) is 16.1. The largest absolute Gasteiger partial charge is 0.368 e. The van der Waals surface area contributed by atoms with Gasteiger partial charge in [-0.3, -0.25) is 9.69 Å². The number of hydrogen-bond acceptors (Lipinski definition) is 8. The summed E-state index contributed by atoms with van der Waals surface area (Å²) in [6.07, 6.45) is 0. The zero-order valence-corrected chi connectivity index (χ0v) is 16.7. The molecule has 150 valence electrons. The molecule has 1 aliphatic heterocycles. The van der Waals surface area contributed by atoms with E-state index in [4.69, 9.17) is 5.73 Å². The third kappa shape index (κ3) is 4.19. The highest BCUT2D eigenvalue weighted by molar-refractivity contribution is 5.94. The maximum Gasteiger partial charge on any atom is 0.229 e. The maximum atomic E-state index is 14.4. The molecule has 2 heterocycles. The third-order valence-corrected chi connectivity index (χ3v) is 4.99. The van der Waals surface area contributed by atoms with Crippen LogP contribution < -0.4 is 15.5 Å². The molecule has 28 heavy (non-hydrogen) atoms. The van der Waals surface area contributed by atoms with Crippen molar-refractivity contribution in [2.45, 2.75) is 19.9 Å². The van der Waals surface area contributed by atoms with Crippen LogP contribution in [0.3, 0.4) is 0 Å². The fourth-order valence-electron chi connectivity index (χ4n) is 3.28. The molecule has 1 unspecified atom stereocenters. The van der Waals surface area contributed by atoms with Crippen LogP contribution >= 0.6 is 0 Å². The van der Waals surface area contributed by atoms with Crippen molar-refractivity contribution in [3.63, 3.8) is 0 Å². The number of piperazine rings is 1. The second-order valence-electron chi connectivity index (χ2n) is 7.17. The molecule has 0 saturated carbocycles. The summed E-state index contributed by atoms with van der Waals surface area (Å²) in [5.74, 6) is 0.849. The molecule has 2 aromatic rings. The molecule has 0 amide bonds. The Hall–Kier alpha value is -2.81. The quantitative estimate of drug-likeness (QED) is 0.776. The van der Waals surface area contributed by atoms with Crippen LogP contribution in [0.2, 0.25) is 0 Å². The SMILES string of the molecule is CC(=O)c1ccc(N2CCN(C(C)c3nc(N)nc(N(C)C)n3)CC2)c(F)c1. The lowest BCUT2D eigenvalue weighted by Gasteiger charge is -2.38. The van der Waals surface area contributed by atoms with Gasteiger partial charge in [0.15, 0.2) is 11.6 Å². The Morgan fingerprint density at radius 3 is 2.43 bits per heavy atom. The van der Waals surface area contributed by atoms with Gasteiger partial charge in [0.05, 0.1) is 11.7 Å².